The molecular weight excluding hydrogens is 467 g/mol. The molecule has 1 aliphatic heterocycles. The van der Waals surface area contributed by atoms with E-state index < -0.39 is 0 Å². The van der Waals surface area contributed by atoms with E-state index in [1.807, 2.05) is 27.3 Å². The normalized spacial score (nSPS) is 14.3. The summed E-state index contributed by atoms with van der Waals surface area (Å²) >= 11 is 7.63. The number of morpholine rings is 1. The number of aliphatic hydroxyl groups is 1. The Bertz CT molecular complexity index is 1270. The van der Waals surface area contributed by atoms with Crippen molar-refractivity contribution < 1.29 is 14.2 Å². The second kappa shape index (κ2) is 9.68. The van der Waals surface area contributed by atoms with Crippen molar-refractivity contribution in [2.24, 2.45) is 0 Å². The summed E-state index contributed by atoms with van der Waals surface area (Å²) < 4.78 is 23.4. The van der Waals surface area contributed by atoms with Gasteiger partial charge >= 0.3 is 0 Å². The number of imidazole rings is 1. The fraction of sp³-hybridized carbons (Fsp3) is 0.318. The van der Waals surface area contributed by atoms with Gasteiger partial charge in [-0.3, -0.25) is 4.57 Å². The highest BCUT2D eigenvalue weighted by atomic mass is 35.5. The molecule has 0 bridgehead atoms. The molecular formula is C22H22ClFN6O2S. The Balaban J connectivity index is 1.50. The minimum absolute atomic E-state index is 0.0176. The molecule has 172 valence electrons. The van der Waals surface area contributed by atoms with Gasteiger partial charge in [-0.1, -0.05) is 29.4 Å². The fourth-order valence-corrected chi connectivity index (χ4v) is 4.96. The molecule has 0 atom stereocenters. The summed E-state index contributed by atoms with van der Waals surface area (Å²) in [5, 5.41) is 19.7. The van der Waals surface area contributed by atoms with Crippen molar-refractivity contribution in [2.45, 2.75) is 17.5 Å². The lowest BCUT2D eigenvalue weighted by atomic mass is 10.3. The number of hydrogen-bond acceptors (Lipinski definition) is 7. The number of anilines is 1. The monoisotopic (exact) mass is 488 g/mol. The van der Waals surface area contributed by atoms with Crippen molar-refractivity contribution in [3.63, 3.8) is 0 Å². The second-order valence-corrected chi connectivity index (χ2v) is 8.90. The number of aromatic nitrogens is 5. The standard InChI is InChI=1S/C22H22ClFN6O2S/c23-15-4-5-18-19(12-15)29(6-9-31)20(25-18)14-33-22-27-26-21(28-7-10-32-11-8-28)30(22)17-3-1-2-16(24)13-17/h1-5,12-13,31H,6-11,14H2. The highest BCUT2D eigenvalue weighted by Gasteiger charge is 2.23. The maximum absolute atomic E-state index is 14.1. The van der Waals surface area contributed by atoms with Crippen molar-refractivity contribution in [3.05, 3.63) is 59.1 Å². The number of fused-ring (bicyclic) bond motifs is 1. The van der Waals surface area contributed by atoms with Crippen molar-refractivity contribution >= 4 is 40.3 Å². The zero-order chi connectivity index (χ0) is 22.8. The highest BCUT2D eigenvalue weighted by molar-refractivity contribution is 7.98. The Morgan fingerprint density at radius 3 is 2.76 bits per heavy atom. The van der Waals surface area contributed by atoms with Crippen LogP contribution < -0.4 is 4.90 Å². The van der Waals surface area contributed by atoms with E-state index in [0.29, 0.717) is 60.4 Å². The molecule has 5 rings (SSSR count). The lowest BCUT2D eigenvalue weighted by Gasteiger charge is -2.27. The molecule has 0 radical (unpaired) electrons. The Labute approximate surface area is 199 Å². The van der Waals surface area contributed by atoms with Gasteiger partial charge in [-0.15, -0.1) is 10.2 Å². The summed E-state index contributed by atoms with van der Waals surface area (Å²) in [7, 11) is 0. The molecule has 1 fully saturated rings. The van der Waals surface area contributed by atoms with E-state index in [1.165, 1.54) is 23.9 Å². The van der Waals surface area contributed by atoms with E-state index in [4.69, 9.17) is 21.3 Å². The van der Waals surface area contributed by atoms with Crippen LogP contribution in [0.2, 0.25) is 5.02 Å². The number of benzene rings is 2. The lowest BCUT2D eigenvalue weighted by molar-refractivity contribution is 0.122. The van der Waals surface area contributed by atoms with Crippen LogP contribution in [0.15, 0.2) is 47.6 Å². The van der Waals surface area contributed by atoms with Gasteiger partial charge in [0.25, 0.3) is 0 Å². The Hall–Kier alpha value is -2.66. The van der Waals surface area contributed by atoms with Crippen molar-refractivity contribution in [3.8, 4) is 5.69 Å². The molecule has 0 saturated carbocycles. The molecule has 4 aromatic rings. The molecule has 0 spiro atoms. The second-order valence-electron chi connectivity index (χ2n) is 7.52. The van der Waals surface area contributed by atoms with Crippen LogP contribution in [0.1, 0.15) is 5.82 Å². The number of halogens is 2. The van der Waals surface area contributed by atoms with Crippen LogP contribution in [-0.2, 0) is 17.0 Å². The molecule has 2 aromatic heterocycles. The predicted molar refractivity (Wildman–Crippen MR) is 126 cm³/mol. The molecule has 1 N–H and O–H groups in total. The number of aliphatic hydroxyl groups excluding tert-OH is 1. The summed E-state index contributed by atoms with van der Waals surface area (Å²) in [5.74, 6) is 1.60. The molecule has 0 unspecified atom stereocenters. The van der Waals surface area contributed by atoms with Gasteiger partial charge in [0.05, 0.1) is 42.3 Å². The van der Waals surface area contributed by atoms with Crippen LogP contribution in [-0.4, -0.2) is 62.3 Å². The number of hydrogen-bond donors (Lipinski definition) is 1. The Morgan fingerprint density at radius 1 is 1.12 bits per heavy atom. The Morgan fingerprint density at radius 2 is 1.97 bits per heavy atom. The molecule has 1 aliphatic rings. The smallest absolute Gasteiger partial charge is 0.232 e. The zero-order valence-corrected chi connectivity index (χ0v) is 19.3. The lowest BCUT2D eigenvalue weighted by Crippen LogP contribution is -2.37. The molecule has 8 nitrogen and oxygen atoms in total. The van der Waals surface area contributed by atoms with Crippen molar-refractivity contribution in [1.29, 1.82) is 0 Å². The van der Waals surface area contributed by atoms with Crippen LogP contribution >= 0.6 is 23.4 Å². The molecule has 3 heterocycles. The molecule has 0 amide bonds. The molecule has 11 heteroatoms. The number of thioether (sulfide) groups is 1. The highest BCUT2D eigenvalue weighted by Crippen LogP contribution is 2.30. The average Bonchev–Trinajstić information content (AvgIpc) is 3.40. The van der Waals surface area contributed by atoms with Crippen LogP contribution in [0.25, 0.3) is 16.7 Å². The molecule has 1 saturated heterocycles. The summed E-state index contributed by atoms with van der Waals surface area (Å²) in [6.07, 6.45) is 0. The Kier molecular flexibility index (Phi) is 6.50. The van der Waals surface area contributed by atoms with Crippen LogP contribution in [0.5, 0.6) is 0 Å². The van der Waals surface area contributed by atoms with Gasteiger partial charge in [-0.25, -0.2) is 9.37 Å². The quantitative estimate of drug-likeness (QED) is 0.398. The predicted octanol–water partition coefficient (Wildman–Crippen LogP) is 3.53. The first-order chi connectivity index (χ1) is 16.1. The molecule has 0 aliphatic carbocycles. The third-order valence-electron chi connectivity index (χ3n) is 5.42. The maximum atomic E-state index is 14.1. The van der Waals surface area contributed by atoms with E-state index in [-0.39, 0.29) is 12.4 Å². The molecule has 33 heavy (non-hydrogen) atoms. The molecule has 2 aromatic carbocycles. The largest absolute Gasteiger partial charge is 0.395 e. The minimum atomic E-state index is -0.327. The average molecular weight is 489 g/mol. The summed E-state index contributed by atoms with van der Waals surface area (Å²) in [6, 6.07) is 11.9. The first-order valence-electron chi connectivity index (χ1n) is 10.6. The van der Waals surface area contributed by atoms with Gasteiger partial charge in [-0.05, 0) is 36.4 Å². The summed E-state index contributed by atoms with van der Waals surface area (Å²) in [5.41, 5.74) is 2.33. The zero-order valence-electron chi connectivity index (χ0n) is 17.7. The number of ether oxygens (including phenoxy) is 1. The van der Waals surface area contributed by atoms with Crippen LogP contribution in [0.4, 0.5) is 10.3 Å². The van der Waals surface area contributed by atoms with E-state index in [0.717, 1.165) is 16.9 Å². The van der Waals surface area contributed by atoms with Gasteiger partial charge in [0.15, 0.2) is 5.16 Å². The van der Waals surface area contributed by atoms with Gasteiger partial charge in [-0.2, -0.15) is 0 Å². The number of rotatable bonds is 7. The van der Waals surface area contributed by atoms with Crippen LogP contribution in [0, 0.1) is 5.82 Å². The maximum Gasteiger partial charge on any atom is 0.232 e. The van der Waals surface area contributed by atoms with Gasteiger partial charge in [0, 0.05) is 24.7 Å². The van der Waals surface area contributed by atoms with Crippen LogP contribution in [0.3, 0.4) is 0 Å². The van der Waals surface area contributed by atoms with Crippen molar-refractivity contribution in [2.75, 3.05) is 37.8 Å². The third-order valence-corrected chi connectivity index (χ3v) is 6.58. The first kappa shape index (κ1) is 22.1. The third kappa shape index (κ3) is 4.56. The van der Waals surface area contributed by atoms with E-state index in [1.54, 1.807) is 12.1 Å². The number of nitrogens with zero attached hydrogens (tertiary/aromatic N) is 6. The summed E-state index contributed by atoms with van der Waals surface area (Å²) in [6.45, 7) is 2.97. The van der Waals surface area contributed by atoms with E-state index >= 15 is 0 Å². The van der Waals surface area contributed by atoms with E-state index in [9.17, 15) is 9.50 Å². The fourth-order valence-electron chi connectivity index (χ4n) is 3.90. The topological polar surface area (TPSA) is 81.2 Å². The van der Waals surface area contributed by atoms with Gasteiger partial charge in [0.2, 0.25) is 5.95 Å². The summed E-state index contributed by atoms with van der Waals surface area (Å²) in [4.78, 5) is 6.82. The van der Waals surface area contributed by atoms with Crippen molar-refractivity contribution in [1.82, 2.24) is 24.3 Å². The van der Waals surface area contributed by atoms with E-state index in [2.05, 4.69) is 15.1 Å². The van der Waals surface area contributed by atoms with Gasteiger partial charge < -0.3 is 19.3 Å². The minimum Gasteiger partial charge on any atom is -0.395 e. The first-order valence-corrected chi connectivity index (χ1v) is 11.9. The SMILES string of the molecule is OCCn1c(CSc2nnc(N3CCOCC3)n2-c2cccc(F)c2)nc2ccc(Cl)cc21. The van der Waals surface area contributed by atoms with Gasteiger partial charge in [0.1, 0.15) is 11.6 Å².